The zero-order valence-corrected chi connectivity index (χ0v) is 16.0. The van der Waals surface area contributed by atoms with Gasteiger partial charge in [0.25, 0.3) is 5.91 Å². The summed E-state index contributed by atoms with van der Waals surface area (Å²) in [5.41, 5.74) is 1.87. The van der Waals surface area contributed by atoms with Crippen molar-refractivity contribution in [2.24, 2.45) is 0 Å². The highest BCUT2D eigenvalue weighted by Gasteiger charge is 2.12. The summed E-state index contributed by atoms with van der Waals surface area (Å²) in [6.45, 7) is -0.0669. The van der Waals surface area contributed by atoms with Gasteiger partial charge in [-0.1, -0.05) is 36.4 Å². The highest BCUT2D eigenvalue weighted by atomic mass is 32.1. The van der Waals surface area contributed by atoms with Gasteiger partial charge in [-0.05, 0) is 35.7 Å². The van der Waals surface area contributed by atoms with Crippen molar-refractivity contribution in [1.82, 2.24) is 4.98 Å². The molecule has 0 radical (unpaired) electrons. The topological polar surface area (TPSA) is 81.4 Å². The molecule has 0 spiro atoms. The number of aromatic nitrogens is 1. The lowest BCUT2D eigenvalue weighted by molar-refractivity contribution is 0.0439. The van der Waals surface area contributed by atoms with E-state index in [-0.39, 0.29) is 12.5 Å². The molecular weight excluding hydrogens is 388 g/mol. The van der Waals surface area contributed by atoms with E-state index < -0.39 is 5.97 Å². The van der Waals surface area contributed by atoms with E-state index >= 15 is 0 Å². The monoisotopic (exact) mass is 404 g/mol. The molecule has 0 saturated heterocycles. The van der Waals surface area contributed by atoms with Crippen molar-refractivity contribution in [3.63, 3.8) is 0 Å². The van der Waals surface area contributed by atoms with Crippen LogP contribution in [-0.2, 0) is 11.3 Å². The second-order valence-corrected chi connectivity index (χ2v) is 7.02. The summed E-state index contributed by atoms with van der Waals surface area (Å²) in [5, 5.41) is 4.62. The van der Waals surface area contributed by atoms with Crippen molar-refractivity contribution in [2.75, 3.05) is 5.32 Å². The van der Waals surface area contributed by atoms with Gasteiger partial charge < -0.3 is 14.5 Å². The van der Waals surface area contributed by atoms with Crippen LogP contribution in [0.1, 0.15) is 25.9 Å². The lowest BCUT2D eigenvalue weighted by Gasteiger charge is -2.06. The number of amides is 1. The number of hydrogen-bond donors (Lipinski definition) is 1. The van der Waals surface area contributed by atoms with E-state index in [9.17, 15) is 9.59 Å². The zero-order chi connectivity index (χ0) is 20.1. The van der Waals surface area contributed by atoms with Gasteiger partial charge in [-0.3, -0.25) is 4.79 Å². The van der Waals surface area contributed by atoms with E-state index in [1.54, 1.807) is 36.5 Å². The zero-order valence-electron chi connectivity index (χ0n) is 15.2. The van der Waals surface area contributed by atoms with Gasteiger partial charge in [-0.15, -0.1) is 11.3 Å². The maximum Gasteiger partial charge on any atom is 0.338 e. The molecule has 29 heavy (non-hydrogen) atoms. The summed E-state index contributed by atoms with van der Waals surface area (Å²) in [4.78, 5) is 29.0. The summed E-state index contributed by atoms with van der Waals surface area (Å²) in [6.07, 6.45) is 1.60. The number of nitrogens with one attached hydrogen (secondary N) is 1. The number of carbonyl (C=O) groups excluding carboxylic acids is 2. The number of rotatable bonds is 6. The third-order valence-electron chi connectivity index (χ3n) is 4.06. The van der Waals surface area contributed by atoms with Gasteiger partial charge in [0.05, 0.1) is 16.6 Å². The van der Waals surface area contributed by atoms with Crippen molar-refractivity contribution in [2.45, 2.75) is 6.61 Å². The molecule has 0 saturated carbocycles. The molecule has 0 aliphatic carbocycles. The van der Waals surface area contributed by atoms with Crippen molar-refractivity contribution in [3.05, 3.63) is 94.6 Å². The van der Waals surface area contributed by atoms with Gasteiger partial charge >= 0.3 is 5.97 Å². The molecule has 7 heteroatoms. The summed E-state index contributed by atoms with van der Waals surface area (Å²) in [7, 11) is 0. The lowest BCUT2D eigenvalue weighted by Crippen LogP contribution is -2.10. The fourth-order valence-corrected chi connectivity index (χ4v) is 3.23. The average Bonchev–Trinajstić information content (AvgIpc) is 3.45. The first kappa shape index (κ1) is 18.6. The largest absolute Gasteiger partial charge is 0.452 e. The molecule has 1 amide bonds. The van der Waals surface area contributed by atoms with E-state index in [0.29, 0.717) is 27.8 Å². The normalized spacial score (nSPS) is 10.5. The van der Waals surface area contributed by atoms with E-state index in [4.69, 9.17) is 9.15 Å². The highest BCUT2D eigenvalue weighted by Crippen LogP contribution is 2.20. The molecule has 0 aliphatic rings. The molecule has 2 heterocycles. The van der Waals surface area contributed by atoms with Gasteiger partial charge in [-0.25, -0.2) is 9.78 Å². The van der Waals surface area contributed by atoms with Crippen molar-refractivity contribution >= 4 is 28.9 Å². The van der Waals surface area contributed by atoms with Crippen molar-refractivity contribution < 1.29 is 18.7 Å². The van der Waals surface area contributed by atoms with Crippen LogP contribution in [0, 0.1) is 0 Å². The molecule has 4 aromatic rings. The summed E-state index contributed by atoms with van der Waals surface area (Å²) in [5.74, 6) is 0.244. The van der Waals surface area contributed by atoms with Crippen molar-refractivity contribution in [3.8, 4) is 11.3 Å². The summed E-state index contributed by atoms with van der Waals surface area (Å²) >= 11 is 1.36. The van der Waals surface area contributed by atoms with Crippen LogP contribution in [0.5, 0.6) is 0 Å². The van der Waals surface area contributed by atoms with Crippen LogP contribution in [0.3, 0.4) is 0 Å². The SMILES string of the molecule is O=C(OCc1ncc(-c2ccccc2)o1)c1ccc(NC(=O)c2cccs2)cc1. The Morgan fingerprint density at radius 1 is 1.00 bits per heavy atom. The van der Waals surface area contributed by atoms with Crippen LogP contribution in [-0.4, -0.2) is 16.9 Å². The lowest BCUT2D eigenvalue weighted by atomic mass is 10.2. The number of thiophene rings is 1. The summed E-state index contributed by atoms with van der Waals surface area (Å²) in [6, 6.07) is 19.6. The van der Waals surface area contributed by atoms with Crippen molar-refractivity contribution in [1.29, 1.82) is 0 Å². The van der Waals surface area contributed by atoms with Crippen LogP contribution in [0.25, 0.3) is 11.3 Å². The Hall–Kier alpha value is -3.71. The first-order valence-corrected chi connectivity index (χ1v) is 9.69. The maximum absolute atomic E-state index is 12.2. The molecule has 4 rings (SSSR count). The number of benzene rings is 2. The third kappa shape index (κ3) is 4.59. The van der Waals surface area contributed by atoms with E-state index in [0.717, 1.165) is 5.56 Å². The Kier molecular flexibility index (Phi) is 5.49. The third-order valence-corrected chi connectivity index (χ3v) is 4.93. The van der Waals surface area contributed by atoms with Gasteiger partial charge in [-0.2, -0.15) is 0 Å². The molecule has 0 fully saturated rings. The number of hydrogen-bond acceptors (Lipinski definition) is 6. The van der Waals surface area contributed by atoms with Crippen LogP contribution >= 0.6 is 11.3 Å². The average molecular weight is 404 g/mol. The highest BCUT2D eigenvalue weighted by molar-refractivity contribution is 7.12. The molecule has 2 aromatic heterocycles. The number of oxazole rings is 1. The quantitative estimate of drug-likeness (QED) is 0.457. The van der Waals surface area contributed by atoms with Gasteiger partial charge in [0.1, 0.15) is 0 Å². The minimum absolute atomic E-state index is 0.0669. The predicted octanol–water partition coefficient (Wildman–Crippen LogP) is 5.01. The Morgan fingerprint density at radius 2 is 1.79 bits per heavy atom. The van der Waals surface area contributed by atoms with Gasteiger partial charge in [0.2, 0.25) is 5.89 Å². The molecule has 0 aliphatic heterocycles. The Labute approximate surface area is 170 Å². The van der Waals surface area contributed by atoms with Crippen LogP contribution < -0.4 is 5.32 Å². The van der Waals surface area contributed by atoms with Crippen LogP contribution in [0.4, 0.5) is 5.69 Å². The first-order valence-electron chi connectivity index (χ1n) is 8.81. The smallest absolute Gasteiger partial charge is 0.338 e. The number of carbonyl (C=O) groups is 2. The Balaban J connectivity index is 1.33. The number of ether oxygens (including phenoxy) is 1. The second kappa shape index (κ2) is 8.53. The van der Waals surface area contributed by atoms with E-state index in [1.807, 2.05) is 41.8 Å². The number of nitrogens with zero attached hydrogens (tertiary/aromatic N) is 1. The molecule has 2 aromatic carbocycles. The van der Waals surface area contributed by atoms with Gasteiger partial charge in [0.15, 0.2) is 12.4 Å². The fourth-order valence-electron chi connectivity index (χ4n) is 2.61. The molecular formula is C22H16N2O4S. The maximum atomic E-state index is 12.2. The standard InChI is InChI=1S/C22H16N2O4S/c25-21(19-7-4-12-29-19)24-17-10-8-16(9-11-17)22(26)27-14-20-23-13-18(28-20)15-5-2-1-3-6-15/h1-13H,14H2,(H,24,25). The van der Waals surface area contributed by atoms with Gasteiger partial charge in [0, 0.05) is 11.3 Å². The molecule has 0 unspecified atom stereocenters. The Morgan fingerprint density at radius 3 is 2.52 bits per heavy atom. The number of esters is 1. The van der Waals surface area contributed by atoms with Crippen LogP contribution in [0.15, 0.2) is 82.7 Å². The van der Waals surface area contributed by atoms with E-state index in [2.05, 4.69) is 10.3 Å². The fraction of sp³-hybridized carbons (Fsp3) is 0.0455. The molecule has 1 N–H and O–H groups in total. The Bertz CT molecular complexity index is 1100. The molecule has 6 nitrogen and oxygen atoms in total. The van der Waals surface area contributed by atoms with E-state index in [1.165, 1.54) is 11.3 Å². The first-order chi connectivity index (χ1) is 14.2. The molecule has 144 valence electrons. The molecule has 0 bridgehead atoms. The second-order valence-electron chi connectivity index (χ2n) is 6.07. The minimum Gasteiger partial charge on any atom is -0.452 e. The summed E-state index contributed by atoms with van der Waals surface area (Å²) < 4.78 is 10.9. The van der Waals surface area contributed by atoms with Crippen LogP contribution in [0.2, 0.25) is 0 Å². The predicted molar refractivity (Wildman–Crippen MR) is 110 cm³/mol. The molecule has 0 atom stereocenters. The number of anilines is 1. The minimum atomic E-state index is -0.499.